The third-order valence-electron chi connectivity index (χ3n) is 2.85. The van der Waals surface area contributed by atoms with Gasteiger partial charge in [-0.1, -0.05) is 12.1 Å². The van der Waals surface area contributed by atoms with E-state index in [0.717, 1.165) is 0 Å². The van der Waals surface area contributed by atoms with Crippen LogP contribution in [0.3, 0.4) is 0 Å². The van der Waals surface area contributed by atoms with E-state index in [4.69, 9.17) is 9.52 Å². The maximum atomic E-state index is 11.7. The van der Waals surface area contributed by atoms with Crippen molar-refractivity contribution in [2.24, 2.45) is 0 Å². The molecule has 7 heteroatoms. The minimum Gasteiger partial charge on any atom is -0.408 e. The summed E-state index contributed by atoms with van der Waals surface area (Å²) >= 11 is 0. The predicted molar refractivity (Wildman–Crippen MR) is 73.6 cm³/mol. The van der Waals surface area contributed by atoms with E-state index in [1.165, 1.54) is 4.57 Å². The average molecular weight is 279 g/mol. The molecule has 1 heterocycles. The Hall–Kier alpha value is -2.28. The smallest absolute Gasteiger partial charge is 0.408 e. The number of nitrogens with one attached hydrogen (secondary N) is 2. The van der Waals surface area contributed by atoms with E-state index in [0.29, 0.717) is 17.6 Å². The van der Waals surface area contributed by atoms with Gasteiger partial charge in [-0.2, -0.15) is 0 Å². The maximum Gasteiger partial charge on any atom is 0.420 e. The van der Waals surface area contributed by atoms with Gasteiger partial charge in [-0.05, 0) is 19.1 Å². The number of para-hydroxylation sites is 2. The lowest BCUT2D eigenvalue weighted by Gasteiger charge is -2.11. The van der Waals surface area contributed by atoms with Crippen LogP contribution in [0.5, 0.6) is 0 Å². The van der Waals surface area contributed by atoms with E-state index in [9.17, 15) is 9.59 Å². The summed E-state index contributed by atoms with van der Waals surface area (Å²) in [4.78, 5) is 23.1. The van der Waals surface area contributed by atoms with Gasteiger partial charge in [0.15, 0.2) is 5.58 Å². The number of hydrogen-bond acceptors (Lipinski definition) is 4. The molecule has 3 N–H and O–H groups in total. The zero-order valence-electron chi connectivity index (χ0n) is 11.1. The molecule has 1 aromatic heterocycles. The highest BCUT2D eigenvalue weighted by Gasteiger charge is 2.09. The molecule has 108 valence electrons. The lowest BCUT2D eigenvalue weighted by Crippen LogP contribution is -2.43. The number of amides is 2. The van der Waals surface area contributed by atoms with Gasteiger partial charge in [0.05, 0.1) is 18.2 Å². The first-order valence-corrected chi connectivity index (χ1v) is 6.35. The number of aromatic nitrogens is 1. The fourth-order valence-electron chi connectivity index (χ4n) is 1.83. The molecule has 0 radical (unpaired) electrons. The van der Waals surface area contributed by atoms with E-state index in [-0.39, 0.29) is 25.2 Å². The number of carbonyl (C=O) groups is 1. The Morgan fingerprint density at radius 2 is 2.20 bits per heavy atom. The van der Waals surface area contributed by atoms with E-state index in [2.05, 4.69) is 10.6 Å². The van der Waals surface area contributed by atoms with E-state index in [1.54, 1.807) is 25.1 Å². The summed E-state index contributed by atoms with van der Waals surface area (Å²) in [5.41, 5.74) is 1.22. The number of aliphatic hydroxyl groups excluding tert-OH is 1. The number of carbonyl (C=O) groups excluding carboxylic acids is 1. The predicted octanol–water partition coefficient (Wildman–Crippen LogP) is 0.275. The molecular weight excluding hydrogens is 262 g/mol. The molecule has 7 nitrogen and oxygen atoms in total. The second-order valence-corrected chi connectivity index (χ2v) is 4.47. The summed E-state index contributed by atoms with van der Waals surface area (Å²) in [6.07, 6.45) is 0. The first kappa shape index (κ1) is 14.1. The number of nitrogens with zero attached hydrogens (tertiary/aromatic N) is 1. The largest absolute Gasteiger partial charge is 0.420 e. The third kappa shape index (κ3) is 3.18. The lowest BCUT2D eigenvalue weighted by atomic mass is 10.3. The Morgan fingerprint density at radius 3 is 2.95 bits per heavy atom. The topological polar surface area (TPSA) is 96.5 Å². The molecule has 0 saturated carbocycles. The van der Waals surface area contributed by atoms with Gasteiger partial charge in [0.2, 0.25) is 0 Å². The van der Waals surface area contributed by atoms with Crippen molar-refractivity contribution in [2.75, 3.05) is 13.2 Å². The van der Waals surface area contributed by atoms with Crippen molar-refractivity contribution in [2.45, 2.75) is 19.5 Å². The van der Waals surface area contributed by atoms with Gasteiger partial charge < -0.3 is 20.2 Å². The van der Waals surface area contributed by atoms with E-state index < -0.39 is 5.76 Å². The molecule has 0 aliphatic heterocycles. The molecule has 2 aromatic rings. The van der Waals surface area contributed by atoms with Crippen molar-refractivity contribution in [1.82, 2.24) is 15.2 Å². The number of hydrogen-bond donors (Lipinski definition) is 3. The zero-order chi connectivity index (χ0) is 14.5. The summed E-state index contributed by atoms with van der Waals surface area (Å²) in [6, 6.07) is 6.42. The molecule has 0 spiro atoms. The van der Waals surface area contributed by atoms with Crippen molar-refractivity contribution < 1.29 is 14.3 Å². The Bertz CT molecular complexity index is 646. The fourth-order valence-corrected chi connectivity index (χ4v) is 1.83. The van der Waals surface area contributed by atoms with Gasteiger partial charge in [0.25, 0.3) is 0 Å². The van der Waals surface area contributed by atoms with Gasteiger partial charge in [-0.3, -0.25) is 4.57 Å². The summed E-state index contributed by atoms with van der Waals surface area (Å²) in [5, 5.41) is 14.0. The van der Waals surface area contributed by atoms with Crippen LogP contribution < -0.4 is 16.4 Å². The van der Waals surface area contributed by atoms with Crippen molar-refractivity contribution in [1.29, 1.82) is 0 Å². The monoisotopic (exact) mass is 279 g/mol. The fraction of sp³-hybridized carbons (Fsp3) is 0.385. The molecule has 2 amide bonds. The standard InChI is InChI=1S/C13H17N3O4/c1-9(8-17)15-12(18)14-6-7-16-10-4-2-3-5-11(10)20-13(16)19/h2-5,9,17H,6-8H2,1H3,(H2,14,15,18). The minimum absolute atomic E-state index is 0.126. The normalized spacial score (nSPS) is 12.3. The maximum absolute atomic E-state index is 11.7. The summed E-state index contributed by atoms with van der Waals surface area (Å²) in [5.74, 6) is -0.447. The third-order valence-corrected chi connectivity index (χ3v) is 2.85. The molecule has 1 aromatic carbocycles. The number of fused-ring (bicyclic) bond motifs is 1. The molecule has 0 bridgehead atoms. The summed E-state index contributed by atoms with van der Waals surface area (Å²) < 4.78 is 6.55. The summed E-state index contributed by atoms with van der Waals surface area (Å²) in [7, 11) is 0. The Balaban J connectivity index is 1.95. The second kappa shape index (κ2) is 6.25. The Kier molecular flexibility index (Phi) is 4.41. The highest BCUT2D eigenvalue weighted by molar-refractivity contribution is 5.74. The Morgan fingerprint density at radius 1 is 1.45 bits per heavy atom. The van der Waals surface area contributed by atoms with Crippen molar-refractivity contribution in [3.63, 3.8) is 0 Å². The first-order chi connectivity index (χ1) is 9.61. The van der Waals surface area contributed by atoms with Gasteiger partial charge in [0, 0.05) is 13.1 Å². The molecule has 20 heavy (non-hydrogen) atoms. The number of rotatable bonds is 5. The van der Waals surface area contributed by atoms with E-state index >= 15 is 0 Å². The van der Waals surface area contributed by atoms with Crippen LogP contribution in [0.2, 0.25) is 0 Å². The number of aliphatic hydroxyl groups is 1. The van der Waals surface area contributed by atoms with Gasteiger partial charge >= 0.3 is 11.8 Å². The minimum atomic E-state index is -0.447. The van der Waals surface area contributed by atoms with Crippen molar-refractivity contribution in [3.05, 3.63) is 34.8 Å². The van der Waals surface area contributed by atoms with Crippen LogP contribution in [0.15, 0.2) is 33.5 Å². The molecule has 1 unspecified atom stereocenters. The highest BCUT2D eigenvalue weighted by Crippen LogP contribution is 2.10. The van der Waals surface area contributed by atoms with Crippen LogP contribution >= 0.6 is 0 Å². The molecule has 0 saturated heterocycles. The van der Waals surface area contributed by atoms with Crippen LogP contribution in [0.4, 0.5) is 4.79 Å². The SMILES string of the molecule is CC(CO)NC(=O)NCCn1c(=O)oc2ccccc21. The molecule has 0 aliphatic rings. The lowest BCUT2D eigenvalue weighted by molar-refractivity contribution is 0.220. The van der Waals surface area contributed by atoms with Gasteiger partial charge in [-0.25, -0.2) is 9.59 Å². The van der Waals surface area contributed by atoms with Crippen molar-refractivity contribution >= 4 is 17.1 Å². The molecular formula is C13H17N3O4. The molecule has 2 rings (SSSR count). The number of oxazole rings is 1. The summed E-state index contributed by atoms with van der Waals surface area (Å²) in [6.45, 7) is 2.16. The number of urea groups is 1. The van der Waals surface area contributed by atoms with Crippen molar-refractivity contribution in [3.8, 4) is 0 Å². The van der Waals surface area contributed by atoms with Crippen LogP contribution in [-0.4, -0.2) is 34.9 Å². The average Bonchev–Trinajstić information content (AvgIpc) is 2.75. The second-order valence-electron chi connectivity index (χ2n) is 4.47. The molecule has 0 fully saturated rings. The zero-order valence-corrected chi connectivity index (χ0v) is 11.1. The quantitative estimate of drug-likeness (QED) is 0.732. The highest BCUT2D eigenvalue weighted by atomic mass is 16.4. The van der Waals surface area contributed by atoms with Crippen LogP contribution in [0.1, 0.15) is 6.92 Å². The molecule has 0 aliphatic carbocycles. The van der Waals surface area contributed by atoms with Gasteiger partial charge in [0.1, 0.15) is 0 Å². The number of benzene rings is 1. The first-order valence-electron chi connectivity index (χ1n) is 6.35. The van der Waals surface area contributed by atoms with Crippen LogP contribution in [0, 0.1) is 0 Å². The van der Waals surface area contributed by atoms with Crippen LogP contribution in [-0.2, 0) is 6.54 Å². The van der Waals surface area contributed by atoms with Gasteiger partial charge in [-0.15, -0.1) is 0 Å². The van der Waals surface area contributed by atoms with E-state index in [1.807, 2.05) is 6.07 Å². The van der Waals surface area contributed by atoms with Crippen LogP contribution in [0.25, 0.3) is 11.1 Å². The molecule has 1 atom stereocenters. The Labute approximate surface area is 115 Å².